The minimum Gasteiger partial charge on any atom is -0.366 e. The van der Waals surface area contributed by atoms with Gasteiger partial charge in [-0.2, -0.15) is 0 Å². The first-order valence-electron chi connectivity index (χ1n) is 8.56. The van der Waals surface area contributed by atoms with Crippen molar-refractivity contribution in [3.63, 3.8) is 0 Å². The molecule has 0 saturated carbocycles. The molecule has 0 aromatic heterocycles. The summed E-state index contributed by atoms with van der Waals surface area (Å²) in [5.74, 6) is -0.332. The Morgan fingerprint density at radius 1 is 1.19 bits per heavy atom. The minimum absolute atomic E-state index is 0. The zero-order valence-corrected chi connectivity index (χ0v) is 15.2. The third-order valence-corrected chi connectivity index (χ3v) is 4.45. The second-order valence-corrected chi connectivity index (χ2v) is 6.27. The van der Waals surface area contributed by atoms with Gasteiger partial charge in [-0.25, -0.2) is 9.18 Å². The van der Waals surface area contributed by atoms with Crippen LogP contribution in [-0.4, -0.2) is 61.8 Å². The predicted molar refractivity (Wildman–Crippen MR) is 98.0 cm³/mol. The lowest BCUT2D eigenvalue weighted by Crippen LogP contribution is -2.53. The van der Waals surface area contributed by atoms with Gasteiger partial charge in [-0.05, 0) is 37.1 Å². The van der Waals surface area contributed by atoms with Crippen LogP contribution in [0.5, 0.6) is 0 Å². The smallest absolute Gasteiger partial charge is 0.319 e. The Kier molecular flexibility index (Phi) is 7.62. The fourth-order valence-corrected chi connectivity index (χ4v) is 3.06. The molecule has 0 aliphatic carbocycles. The quantitative estimate of drug-likeness (QED) is 0.732. The van der Waals surface area contributed by atoms with Crippen molar-refractivity contribution in [1.29, 1.82) is 0 Å². The number of morpholine rings is 1. The Morgan fingerprint density at radius 3 is 2.50 bits per heavy atom. The molecule has 1 aromatic rings. The van der Waals surface area contributed by atoms with Crippen LogP contribution < -0.4 is 16.0 Å². The van der Waals surface area contributed by atoms with E-state index in [1.807, 2.05) is 0 Å². The van der Waals surface area contributed by atoms with Gasteiger partial charge in [-0.1, -0.05) is 0 Å². The van der Waals surface area contributed by atoms with E-state index in [0.717, 1.165) is 6.54 Å². The Labute approximate surface area is 158 Å². The second kappa shape index (κ2) is 9.70. The summed E-state index contributed by atoms with van der Waals surface area (Å²) in [5, 5.41) is 8.73. The molecule has 0 spiro atoms. The number of anilines is 1. The number of halogens is 2. The van der Waals surface area contributed by atoms with E-state index in [1.165, 1.54) is 24.3 Å². The molecular formula is C17H24ClFN4O3. The third kappa shape index (κ3) is 5.55. The highest BCUT2D eigenvalue weighted by molar-refractivity contribution is 5.89. The average Bonchev–Trinajstić information content (AvgIpc) is 2.64. The van der Waals surface area contributed by atoms with Crippen LogP contribution >= 0.6 is 12.4 Å². The third-order valence-electron chi connectivity index (χ3n) is 4.45. The molecular weight excluding hydrogens is 363 g/mol. The first kappa shape index (κ1) is 20.4. The Hall–Kier alpha value is -1.90. The van der Waals surface area contributed by atoms with Crippen LogP contribution in [0.25, 0.3) is 0 Å². The molecule has 3 amide bonds. The van der Waals surface area contributed by atoms with Gasteiger partial charge in [0, 0.05) is 37.9 Å². The average molecular weight is 387 g/mol. The lowest BCUT2D eigenvalue weighted by atomic mass is 10.0. The van der Waals surface area contributed by atoms with Crippen molar-refractivity contribution in [3.05, 3.63) is 30.1 Å². The van der Waals surface area contributed by atoms with Crippen LogP contribution in [0.1, 0.15) is 12.8 Å². The maximum Gasteiger partial charge on any atom is 0.319 e. The summed E-state index contributed by atoms with van der Waals surface area (Å²) in [6.45, 7) is 3.08. The molecule has 2 heterocycles. The number of nitrogens with zero attached hydrogens (tertiary/aromatic N) is 1. The van der Waals surface area contributed by atoms with Crippen LogP contribution in [0, 0.1) is 5.82 Å². The van der Waals surface area contributed by atoms with Gasteiger partial charge < -0.3 is 25.6 Å². The highest BCUT2D eigenvalue weighted by Crippen LogP contribution is 2.14. The van der Waals surface area contributed by atoms with Gasteiger partial charge >= 0.3 is 6.03 Å². The van der Waals surface area contributed by atoms with Gasteiger partial charge in [0.1, 0.15) is 11.9 Å². The summed E-state index contributed by atoms with van der Waals surface area (Å²) in [5.41, 5.74) is 0.536. The van der Waals surface area contributed by atoms with Gasteiger partial charge in [0.25, 0.3) is 5.91 Å². The molecule has 0 bridgehead atoms. The number of carbonyl (C=O) groups is 2. The van der Waals surface area contributed by atoms with E-state index >= 15 is 0 Å². The summed E-state index contributed by atoms with van der Waals surface area (Å²) in [4.78, 5) is 26.2. The standard InChI is InChI=1S/C17H23FN4O3.ClH/c18-12-1-3-13(4-2-12)20-17(24)21-14-5-8-22(9-6-14)16(23)15-11-19-7-10-25-15;/h1-4,14-15,19H,5-11H2,(H2,20,21,24);1H. The highest BCUT2D eigenvalue weighted by atomic mass is 35.5. The van der Waals surface area contributed by atoms with Gasteiger partial charge in [0.05, 0.1) is 6.61 Å². The number of likely N-dealkylation sites (tertiary alicyclic amines) is 1. The SMILES string of the molecule is Cl.O=C(Nc1ccc(F)cc1)NC1CCN(C(=O)C2CNCCO2)CC1. The van der Waals surface area contributed by atoms with E-state index < -0.39 is 6.10 Å². The van der Waals surface area contributed by atoms with E-state index in [-0.39, 0.29) is 36.2 Å². The normalized spacial score (nSPS) is 20.8. The van der Waals surface area contributed by atoms with Gasteiger partial charge in [-0.3, -0.25) is 4.79 Å². The summed E-state index contributed by atoms with van der Waals surface area (Å²) in [6, 6.07) is 5.29. The van der Waals surface area contributed by atoms with E-state index in [4.69, 9.17) is 4.74 Å². The number of ether oxygens (including phenoxy) is 1. The zero-order valence-electron chi connectivity index (χ0n) is 14.4. The Balaban J connectivity index is 0.00000243. The number of benzene rings is 1. The lowest BCUT2D eigenvalue weighted by molar-refractivity contribution is -0.146. The monoisotopic (exact) mass is 386 g/mol. The van der Waals surface area contributed by atoms with Crippen LogP contribution in [0.4, 0.5) is 14.9 Å². The number of hydrogen-bond acceptors (Lipinski definition) is 4. The van der Waals surface area contributed by atoms with Crippen molar-refractivity contribution in [2.75, 3.05) is 38.1 Å². The summed E-state index contributed by atoms with van der Waals surface area (Å²) in [6.07, 6.45) is 0.992. The molecule has 3 rings (SSSR count). The number of hydrogen-bond donors (Lipinski definition) is 3. The molecule has 1 aromatic carbocycles. The summed E-state index contributed by atoms with van der Waals surface area (Å²) >= 11 is 0. The summed E-state index contributed by atoms with van der Waals surface area (Å²) in [7, 11) is 0. The fourth-order valence-electron chi connectivity index (χ4n) is 3.06. The fraction of sp³-hybridized carbons (Fsp3) is 0.529. The number of urea groups is 1. The molecule has 1 unspecified atom stereocenters. The number of carbonyl (C=O) groups excluding carboxylic acids is 2. The van der Waals surface area contributed by atoms with E-state index in [2.05, 4.69) is 16.0 Å². The predicted octanol–water partition coefficient (Wildman–Crippen LogP) is 1.35. The molecule has 2 saturated heterocycles. The summed E-state index contributed by atoms with van der Waals surface area (Å²) < 4.78 is 18.4. The van der Waals surface area contributed by atoms with Crippen LogP contribution in [0.3, 0.4) is 0 Å². The van der Waals surface area contributed by atoms with Crippen molar-refractivity contribution < 1.29 is 18.7 Å². The Morgan fingerprint density at radius 2 is 1.88 bits per heavy atom. The molecule has 9 heteroatoms. The maximum atomic E-state index is 12.9. The van der Waals surface area contributed by atoms with Gasteiger partial charge in [0.2, 0.25) is 0 Å². The van der Waals surface area contributed by atoms with Gasteiger partial charge in [-0.15, -0.1) is 12.4 Å². The molecule has 0 radical (unpaired) electrons. The van der Waals surface area contributed by atoms with Crippen molar-refractivity contribution in [1.82, 2.24) is 15.5 Å². The van der Waals surface area contributed by atoms with E-state index in [1.54, 1.807) is 4.90 Å². The molecule has 2 fully saturated rings. The van der Waals surface area contributed by atoms with Crippen molar-refractivity contribution >= 4 is 30.0 Å². The number of rotatable bonds is 3. The Bertz CT molecular complexity index is 603. The van der Waals surface area contributed by atoms with Crippen molar-refractivity contribution in [2.45, 2.75) is 25.0 Å². The first-order chi connectivity index (χ1) is 12.1. The number of amides is 3. The van der Waals surface area contributed by atoms with E-state index in [0.29, 0.717) is 44.8 Å². The van der Waals surface area contributed by atoms with Gasteiger partial charge in [0.15, 0.2) is 0 Å². The zero-order chi connectivity index (χ0) is 17.6. The molecule has 2 aliphatic heterocycles. The largest absolute Gasteiger partial charge is 0.366 e. The minimum atomic E-state index is -0.403. The van der Waals surface area contributed by atoms with Crippen molar-refractivity contribution in [3.8, 4) is 0 Å². The second-order valence-electron chi connectivity index (χ2n) is 6.27. The molecule has 144 valence electrons. The topological polar surface area (TPSA) is 82.7 Å². The maximum absolute atomic E-state index is 12.9. The van der Waals surface area contributed by atoms with Crippen LogP contribution in [0.15, 0.2) is 24.3 Å². The lowest BCUT2D eigenvalue weighted by Gasteiger charge is -2.35. The molecule has 2 aliphatic rings. The molecule has 1 atom stereocenters. The highest BCUT2D eigenvalue weighted by Gasteiger charge is 2.30. The molecule has 26 heavy (non-hydrogen) atoms. The molecule has 3 N–H and O–H groups in total. The number of nitrogens with one attached hydrogen (secondary N) is 3. The number of piperidine rings is 1. The van der Waals surface area contributed by atoms with Crippen LogP contribution in [-0.2, 0) is 9.53 Å². The van der Waals surface area contributed by atoms with Crippen molar-refractivity contribution in [2.24, 2.45) is 0 Å². The first-order valence-corrected chi connectivity index (χ1v) is 8.56. The molecule has 7 nitrogen and oxygen atoms in total. The van der Waals surface area contributed by atoms with E-state index in [9.17, 15) is 14.0 Å². The van der Waals surface area contributed by atoms with Crippen LogP contribution in [0.2, 0.25) is 0 Å².